The van der Waals surface area contributed by atoms with Gasteiger partial charge in [-0.2, -0.15) is 0 Å². The van der Waals surface area contributed by atoms with E-state index >= 15 is 0 Å². The molecule has 92 valence electrons. The van der Waals surface area contributed by atoms with E-state index in [2.05, 4.69) is 0 Å². The first-order chi connectivity index (χ1) is 8.31. The van der Waals surface area contributed by atoms with E-state index in [1.807, 2.05) is 13.0 Å². The molecule has 1 aliphatic rings. The summed E-state index contributed by atoms with van der Waals surface area (Å²) in [7, 11) is 0. The van der Waals surface area contributed by atoms with Gasteiger partial charge in [0.2, 0.25) is 0 Å². The second-order valence-electron chi connectivity index (χ2n) is 3.80. The minimum atomic E-state index is -0.426. The molecule has 4 heteroatoms. The number of para-hydroxylation sites is 2. The fourth-order valence-corrected chi connectivity index (χ4v) is 1.75. The van der Waals surface area contributed by atoms with Gasteiger partial charge in [-0.3, -0.25) is 0 Å². The predicted octanol–water partition coefficient (Wildman–Crippen LogP) is 2.17. The topological polar surface area (TPSA) is 44.8 Å². The Balaban J connectivity index is 2.04. The van der Waals surface area contributed by atoms with E-state index < -0.39 is 6.10 Å². The average Bonchev–Trinajstić information content (AvgIpc) is 2.85. The van der Waals surface area contributed by atoms with Crippen molar-refractivity contribution in [3.63, 3.8) is 0 Å². The lowest BCUT2D eigenvalue weighted by Gasteiger charge is -2.12. The van der Waals surface area contributed by atoms with Crippen molar-refractivity contribution >= 4 is 5.97 Å². The third-order valence-electron chi connectivity index (χ3n) is 2.55. The smallest absolute Gasteiger partial charge is 0.340 e. The van der Waals surface area contributed by atoms with Gasteiger partial charge in [0.1, 0.15) is 0 Å². The molecule has 1 unspecified atom stereocenters. The van der Waals surface area contributed by atoms with Crippen LogP contribution in [0.3, 0.4) is 0 Å². The summed E-state index contributed by atoms with van der Waals surface area (Å²) in [5, 5.41) is 0. The van der Waals surface area contributed by atoms with Gasteiger partial charge in [0.25, 0.3) is 0 Å². The van der Waals surface area contributed by atoms with Gasteiger partial charge in [0.05, 0.1) is 6.61 Å². The number of hydrogen-bond acceptors (Lipinski definition) is 4. The fourth-order valence-electron chi connectivity index (χ4n) is 1.75. The molecule has 0 bridgehead atoms. The van der Waals surface area contributed by atoms with Crippen molar-refractivity contribution in [1.82, 2.24) is 0 Å². The number of benzene rings is 1. The summed E-state index contributed by atoms with van der Waals surface area (Å²) >= 11 is 0. The van der Waals surface area contributed by atoms with E-state index in [1.165, 1.54) is 0 Å². The molecule has 0 N–H and O–H groups in total. The van der Waals surface area contributed by atoms with Gasteiger partial charge in [0, 0.05) is 6.61 Å². The van der Waals surface area contributed by atoms with E-state index in [4.69, 9.17) is 14.2 Å². The van der Waals surface area contributed by atoms with E-state index in [-0.39, 0.29) is 5.97 Å². The lowest BCUT2D eigenvalue weighted by molar-refractivity contribution is -0.144. The molecule has 1 aromatic carbocycles. The van der Waals surface area contributed by atoms with Crippen LogP contribution < -0.4 is 9.47 Å². The Morgan fingerprint density at radius 1 is 1.41 bits per heavy atom. The Bertz CT molecular complexity index is 383. The summed E-state index contributed by atoms with van der Waals surface area (Å²) in [4.78, 5) is 11.8. The van der Waals surface area contributed by atoms with Gasteiger partial charge in [0.15, 0.2) is 17.6 Å². The van der Waals surface area contributed by atoms with E-state index in [9.17, 15) is 4.79 Å². The van der Waals surface area contributed by atoms with Crippen LogP contribution in [0.15, 0.2) is 24.3 Å². The zero-order chi connectivity index (χ0) is 12.1. The van der Waals surface area contributed by atoms with Crippen molar-refractivity contribution in [2.24, 2.45) is 0 Å². The molecule has 2 rings (SSSR count). The monoisotopic (exact) mass is 236 g/mol. The molecule has 0 saturated carbocycles. The standard InChI is InChI=1S/C13H16O4/c1-2-15-10-6-3-4-7-11(10)17-13(14)12-8-5-9-16-12/h3-4,6-7,12H,2,5,8-9H2,1H3. The molecule has 4 nitrogen and oxygen atoms in total. The third kappa shape index (κ3) is 2.97. The SMILES string of the molecule is CCOc1ccccc1OC(=O)C1CCCO1. The molecule has 1 saturated heterocycles. The highest BCUT2D eigenvalue weighted by Crippen LogP contribution is 2.27. The van der Waals surface area contributed by atoms with Crippen LogP contribution in [0.1, 0.15) is 19.8 Å². The number of carbonyl (C=O) groups is 1. The van der Waals surface area contributed by atoms with Crippen molar-refractivity contribution in [2.75, 3.05) is 13.2 Å². The van der Waals surface area contributed by atoms with Crippen LogP contribution in [0, 0.1) is 0 Å². The van der Waals surface area contributed by atoms with Crippen LogP contribution in [0.25, 0.3) is 0 Å². The molecular weight excluding hydrogens is 220 g/mol. The second-order valence-corrected chi connectivity index (χ2v) is 3.80. The number of ether oxygens (including phenoxy) is 3. The molecule has 1 atom stereocenters. The Kier molecular flexibility index (Phi) is 3.98. The van der Waals surface area contributed by atoms with Gasteiger partial charge >= 0.3 is 5.97 Å². The fraction of sp³-hybridized carbons (Fsp3) is 0.462. The van der Waals surface area contributed by atoms with Crippen LogP contribution in [0.4, 0.5) is 0 Å². The molecule has 0 radical (unpaired) electrons. The summed E-state index contributed by atoms with van der Waals surface area (Å²) in [6.45, 7) is 3.06. The number of esters is 1. The predicted molar refractivity (Wildman–Crippen MR) is 62.2 cm³/mol. The Labute approximate surface area is 100 Å². The largest absolute Gasteiger partial charge is 0.490 e. The van der Waals surface area contributed by atoms with Crippen molar-refractivity contribution < 1.29 is 19.0 Å². The van der Waals surface area contributed by atoms with E-state index in [1.54, 1.807) is 18.2 Å². The van der Waals surface area contributed by atoms with Gasteiger partial charge in [-0.15, -0.1) is 0 Å². The van der Waals surface area contributed by atoms with Crippen LogP contribution in [-0.4, -0.2) is 25.3 Å². The first-order valence-corrected chi connectivity index (χ1v) is 5.86. The first-order valence-electron chi connectivity index (χ1n) is 5.86. The van der Waals surface area contributed by atoms with Crippen molar-refractivity contribution in [3.8, 4) is 11.5 Å². The molecule has 0 aromatic heterocycles. The lowest BCUT2D eigenvalue weighted by Crippen LogP contribution is -2.25. The molecule has 1 heterocycles. The summed E-state index contributed by atoms with van der Waals surface area (Å²) in [5.74, 6) is 0.700. The van der Waals surface area contributed by atoms with Crippen LogP contribution in [0.2, 0.25) is 0 Å². The molecule has 0 aliphatic carbocycles. The number of carbonyl (C=O) groups excluding carboxylic acids is 1. The average molecular weight is 236 g/mol. The third-order valence-corrected chi connectivity index (χ3v) is 2.55. The summed E-state index contributed by atoms with van der Waals surface area (Å²) < 4.78 is 15.9. The molecule has 1 aliphatic heterocycles. The van der Waals surface area contributed by atoms with Crippen molar-refractivity contribution in [3.05, 3.63) is 24.3 Å². The summed E-state index contributed by atoms with van der Waals surface area (Å²) in [5.41, 5.74) is 0. The van der Waals surface area contributed by atoms with Crippen LogP contribution >= 0.6 is 0 Å². The minimum absolute atomic E-state index is 0.338. The molecule has 0 amide bonds. The second kappa shape index (κ2) is 5.68. The maximum Gasteiger partial charge on any atom is 0.340 e. The Morgan fingerprint density at radius 3 is 2.82 bits per heavy atom. The zero-order valence-electron chi connectivity index (χ0n) is 9.85. The van der Waals surface area contributed by atoms with Gasteiger partial charge < -0.3 is 14.2 Å². The first kappa shape index (κ1) is 11.9. The van der Waals surface area contributed by atoms with Gasteiger partial charge in [-0.05, 0) is 31.9 Å². The zero-order valence-corrected chi connectivity index (χ0v) is 9.85. The highest BCUT2D eigenvalue weighted by atomic mass is 16.6. The van der Waals surface area contributed by atoms with Crippen LogP contribution in [0.5, 0.6) is 11.5 Å². The molecule has 0 spiro atoms. The molecule has 17 heavy (non-hydrogen) atoms. The Hall–Kier alpha value is -1.55. The van der Waals surface area contributed by atoms with Gasteiger partial charge in [-0.25, -0.2) is 4.79 Å². The van der Waals surface area contributed by atoms with Crippen LogP contribution in [-0.2, 0) is 9.53 Å². The maximum absolute atomic E-state index is 11.8. The van der Waals surface area contributed by atoms with E-state index in [0.717, 1.165) is 12.8 Å². The molecular formula is C13H16O4. The van der Waals surface area contributed by atoms with Gasteiger partial charge in [-0.1, -0.05) is 12.1 Å². The quantitative estimate of drug-likeness (QED) is 0.593. The minimum Gasteiger partial charge on any atom is -0.490 e. The normalized spacial score (nSPS) is 19.0. The molecule has 1 aromatic rings. The highest BCUT2D eigenvalue weighted by molar-refractivity contribution is 5.78. The number of rotatable bonds is 4. The van der Waals surface area contributed by atoms with Crippen molar-refractivity contribution in [1.29, 1.82) is 0 Å². The summed E-state index contributed by atoms with van der Waals surface area (Å²) in [6, 6.07) is 7.15. The summed E-state index contributed by atoms with van der Waals surface area (Å²) in [6.07, 6.45) is 1.22. The highest BCUT2D eigenvalue weighted by Gasteiger charge is 2.26. The Morgan fingerprint density at radius 2 is 2.18 bits per heavy atom. The van der Waals surface area contributed by atoms with Crippen molar-refractivity contribution in [2.45, 2.75) is 25.9 Å². The number of hydrogen-bond donors (Lipinski definition) is 0. The maximum atomic E-state index is 11.8. The lowest BCUT2D eigenvalue weighted by atomic mass is 10.2. The molecule has 1 fully saturated rings. The van der Waals surface area contributed by atoms with E-state index in [0.29, 0.717) is 24.7 Å².